The SMILES string of the molecule is CC.CC.CC.Cc1cccc(Cl)n1.Cc1ccccn1. The van der Waals surface area contributed by atoms with Gasteiger partial charge in [-0.25, -0.2) is 4.98 Å². The predicted octanol–water partition coefficient (Wildman–Crippen LogP) is 6.51. The first-order valence-electron chi connectivity index (χ1n) is 7.65. The van der Waals surface area contributed by atoms with Gasteiger partial charge in [0.05, 0.1) is 0 Å². The molecule has 0 aliphatic rings. The molecule has 2 nitrogen and oxygen atoms in total. The van der Waals surface area contributed by atoms with Gasteiger partial charge in [-0.15, -0.1) is 0 Å². The third-order valence-electron chi connectivity index (χ3n) is 1.67. The molecule has 0 radical (unpaired) electrons. The van der Waals surface area contributed by atoms with Crippen molar-refractivity contribution in [3.05, 3.63) is 59.1 Å². The summed E-state index contributed by atoms with van der Waals surface area (Å²) in [6.07, 6.45) is 1.79. The van der Waals surface area contributed by atoms with Crippen LogP contribution in [0.2, 0.25) is 5.15 Å². The normalized spacial score (nSPS) is 7.29. The Morgan fingerprint density at radius 2 is 1.24 bits per heavy atom. The Balaban J connectivity index is -0.000000229. The first-order chi connectivity index (χ1) is 10.2. The zero-order chi connectivity index (χ0) is 17.1. The van der Waals surface area contributed by atoms with Crippen molar-refractivity contribution < 1.29 is 0 Å². The van der Waals surface area contributed by atoms with Crippen LogP contribution in [0, 0.1) is 13.8 Å². The molecule has 0 spiro atoms. The Kier molecular flexibility index (Phi) is 24.5. The van der Waals surface area contributed by atoms with Crippen LogP contribution >= 0.6 is 11.6 Å². The van der Waals surface area contributed by atoms with E-state index in [0.717, 1.165) is 11.4 Å². The van der Waals surface area contributed by atoms with Crippen LogP contribution in [0.15, 0.2) is 42.6 Å². The van der Waals surface area contributed by atoms with Crippen molar-refractivity contribution in [2.45, 2.75) is 55.4 Å². The molecule has 0 fully saturated rings. The Morgan fingerprint density at radius 3 is 1.48 bits per heavy atom. The van der Waals surface area contributed by atoms with Crippen molar-refractivity contribution in [1.29, 1.82) is 0 Å². The molecule has 2 aromatic heterocycles. The van der Waals surface area contributed by atoms with Crippen molar-refractivity contribution in [2.24, 2.45) is 0 Å². The number of aryl methyl sites for hydroxylation is 2. The van der Waals surface area contributed by atoms with Gasteiger partial charge in [-0.3, -0.25) is 4.98 Å². The highest BCUT2D eigenvalue weighted by Gasteiger charge is 1.84. The second kappa shape index (κ2) is 20.9. The first kappa shape index (κ1) is 24.6. The molecule has 0 aliphatic heterocycles. The molecule has 0 saturated heterocycles. The second-order valence-corrected chi connectivity index (χ2v) is 3.46. The topological polar surface area (TPSA) is 25.8 Å². The van der Waals surface area contributed by atoms with Gasteiger partial charge in [0, 0.05) is 17.6 Å². The van der Waals surface area contributed by atoms with Crippen LogP contribution < -0.4 is 0 Å². The fraction of sp³-hybridized carbons (Fsp3) is 0.444. The second-order valence-electron chi connectivity index (χ2n) is 3.07. The fourth-order valence-corrected chi connectivity index (χ4v) is 1.16. The average Bonchev–Trinajstić information content (AvgIpc) is 2.54. The summed E-state index contributed by atoms with van der Waals surface area (Å²) < 4.78 is 0. The average molecular weight is 311 g/mol. The Hall–Kier alpha value is -1.41. The minimum absolute atomic E-state index is 0.560. The maximum Gasteiger partial charge on any atom is 0.129 e. The van der Waals surface area contributed by atoms with E-state index in [0.29, 0.717) is 5.15 Å². The molecule has 120 valence electrons. The highest BCUT2D eigenvalue weighted by Crippen LogP contribution is 2.02. The van der Waals surface area contributed by atoms with Gasteiger partial charge in [0.1, 0.15) is 5.15 Å². The molecule has 21 heavy (non-hydrogen) atoms. The van der Waals surface area contributed by atoms with E-state index in [4.69, 9.17) is 11.6 Å². The summed E-state index contributed by atoms with van der Waals surface area (Å²) in [6.45, 7) is 15.9. The van der Waals surface area contributed by atoms with E-state index in [9.17, 15) is 0 Å². The van der Waals surface area contributed by atoms with E-state index in [2.05, 4.69) is 9.97 Å². The number of hydrogen-bond acceptors (Lipinski definition) is 2. The molecule has 0 aliphatic carbocycles. The van der Waals surface area contributed by atoms with Crippen LogP contribution in [-0.4, -0.2) is 9.97 Å². The standard InChI is InChI=1S/C6H6ClN.C6H7N.3C2H6/c1-5-3-2-4-6(7)8-5;1-6-4-2-3-5-7-6;3*1-2/h2-4H,1H3;2-5H,1H3;3*1-2H3. The third kappa shape index (κ3) is 18.6. The van der Waals surface area contributed by atoms with Crippen LogP contribution in [0.25, 0.3) is 0 Å². The van der Waals surface area contributed by atoms with Crippen molar-refractivity contribution in [3.63, 3.8) is 0 Å². The number of hydrogen-bond donors (Lipinski definition) is 0. The van der Waals surface area contributed by atoms with Gasteiger partial charge in [0.25, 0.3) is 0 Å². The molecule has 0 unspecified atom stereocenters. The van der Waals surface area contributed by atoms with E-state index < -0.39 is 0 Å². The molecule has 2 aromatic rings. The molecular formula is C18H31ClN2. The largest absolute Gasteiger partial charge is 0.262 e. The number of pyridine rings is 2. The van der Waals surface area contributed by atoms with Crippen LogP contribution in [0.4, 0.5) is 0 Å². The van der Waals surface area contributed by atoms with Crippen molar-refractivity contribution in [2.75, 3.05) is 0 Å². The predicted molar refractivity (Wildman–Crippen MR) is 97.0 cm³/mol. The highest BCUT2D eigenvalue weighted by molar-refractivity contribution is 6.29. The molecule has 0 N–H and O–H groups in total. The lowest BCUT2D eigenvalue weighted by Crippen LogP contribution is -1.76. The lowest BCUT2D eigenvalue weighted by Gasteiger charge is -1.88. The van der Waals surface area contributed by atoms with Gasteiger partial charge in [0.15, 0.2) is 0 Å². The molecule has 0 atom stereocenters. The van der Waals surface area contributed by atoms with Gasteiger partial charge in [-0.1, -0.05) is 65.3 Å². The van der Waals surface area contributed by atoms with Gasteiger partial charge >= 0.3 is 0 Å². The summed E-state index contributed by atoms with van der Waals surface area (Å²) in [4.78, 5) is 7.92. The first-order valence-corrected chi connectivity index (χ1v) is 8.03. The van der Waals surface area contributed by atoms with E-state index in [1.54, 1.807) is 12.3 Å². The molecule has 0 aromatic carbocycles. The minimum atomic E-state index is 0.560. The maximum absolute atomic E-state index is 5.53. The molecule has 0 amide bonds. The highest BCUT2D eigenvalue weighted by atomic mass is 35.5. The zero-order valence-corrected chi connectivity index (χ0v) is 15.6. The minimum Gasteiger partial charge on any atom is -0.262 e. The van der Waals surface area contributed by atoms with Crippen LogP contribution in [-0.2, 0) is 0 Å². The molecule has 2 heterocycles. The lowest BCUT2D eigenvalue weighted by molar-refractivity contribution is 1.20. The van der Waals surface area contributed by atoms with E-state index in [-0.39, 0.29) is 0 Å². The molecular weight excluding hydrogens is 280 g/mol. The monoisotopic (exact) mass is 310 g/mol. The molecule has 0 saturated carbocycles. The van der Waals surface area contributed by atoms with Crippen LogP contribution in [0.5, 0.6) is 0 Å². The third-order valence-corrected chi connectivity index (χ3v) is 1.88. The summed E-state index contributed by atoms with van der Waals surface area (Å²) in [6, 6.07) is 11.4. The number of rotatable bonds is 0. The number of nitrogens with zero attached hydrogens (tertiary/aromatic N) is 2. The number of aromatic nitrogens is 2. The summed E-state index contributed by atoms with van der Waals surface area (Å²) in [7, 11) is 0. The van der Waals surface area contributed by atoms with E-state index in [1.165, 1.54) is 0 Å². The maximum atomic E-state index is 5.53. The summed E-state index contributed by atoms with van der Waals surface area (Å²) in [5.74, 6) is 0. The van der Waals surface area contributed by atoms with Crippen LogP contribution in [0.3, 0.4) is 0 Å². The molecule has 2 rings (SSSR count). The van der Waals surface area contributed by atoms with Crippen molar-refractivity contribution >= 4 is 11.6 Å². The fourth-order valence-electron chi connectivity index (χ4n) is 0.958. The Morgan fingerprint density at radius 1 is 0.714 bits per heavy atom. The van der Waals surface area contributed by atoms with Crippen molar-refractivity contribution in [3.8, 4) is 0 Å². The van der Waals surface area contributed by atoms with Gasteiger partial charge < -0.3 is 0 Å². The molecule has 3 heteroatoms. The Bertz CT molecular complexity index is 386. The summed E-state index contributed by atoms with van der Waals surface area (Å²) in [5, 5.41) is 0.560. The van der Waals surface area contributed by atoms with E-state index in [1.807, 2.05) is 85.7 Å². The van der Waals surface area contributed by atoms with Gasteiger partial charge in [-0.05, 0) is 38.1 Å². The van der Waals surface area contributed by atoms with E-state index >= 15 is 0 Å². The lowest BCUT2D eigenvalue weighted by atomic mass is 10.4. The summed E-state index contributed by atoms with van der Waals surface area (Å²) in [5.41, 5.74) is 2.03. The summed E-state index contributed by atoms with van der Waals surface area (Å²) >= 11 is 5.53. The van der Waals surface area contributed by atoms with Gasteiger partial charge in [0.2, 0.25) is 0 Å². The van der Waals surface area contributed by atoms with Crippen molar-refractivity contribution in [1.82, 2.24) is 9.97 Å². The Labute approximate surface area is 136 Å². The zero-order valence-electron chi connectivity index (χ0n) is 14.8. The van der Waals surface area contributed by atoms with Gasteiger partial charge in [-0.2, -0.15) is 0 Å². The smallest absolute Gasteiger partial charge is 0.129 e. The molecule has 0 bridgehead atoms. The number of halogens is 1. The quantitative estimate of drug-likeness (QED) is 0.518. The van der Waals surface area contributed by atoms with Crippen LogP contribution in [0.1, 0.15) is 52.9 Å².